The molecule has 2 aromatic heterocycles. The van der Waals surface area contributed by atoms with Gasteiger partial charge in [0.15, 0.2) is 0 Å². The number of carbonyl (C=O) groups is 1. The molecule has 1 unspecified atom stereocenters. The summed E-state index contributed by atoms with van der Waals surface area (Å²) in [7, 11) is 0. The number of aromatic nitrogens is 2. The molecule has 0 aliphatic carbocycles. The highest BCUT2D eigenvalue weighted by Gasteiger charge is 2.19. The van der Waals surface area contributed by atoms with Gasteiger partial charge in [0.2, 0.25) is 5.91 Å². The number of thiophene rings is 1. The van der Waals surface area contributed by atoms with Crippen molar-refractivity contribution >= 4 is 28.1 Å². The van der Waals surface area contributed by atoms with Gasteiger partial charge in [-0.05, 0) is 40.6 Å². The molecule has 0 bridgehead atoms. The van der Waals surface area contributed by atoms with Crippen LogP contribution in [0.3, 0.4) is 0 Å². The zero-order valence-corrected chi connectivity index (χ0v) is 18.8. The topological polar surface area (TPSA) is 84.0 Å². The van der Waals surface area contributed by atoms with Crippen molar-refractivity contribution in [3.05, 3.63) is 103 Å². The zero-order valence-electron chi connectivity index (χ0n) is 18.0. The second kappa shape index (κ2) is 9.36. The van der Waals surface area contributed by atoms with Crippen LogP contribution >= 0.6 is 11.3 Å². The van der Waals surface area contributed by atoms with Crippen molar-refractivity contribution in [2.75, 3.05) is 0 Å². The molecule has 0 saturated heterocycles. The predicted molar refractivity (Wildman–Crippen MR) is 128 cm³/mol. The summed E-state index contributed by atoms with van der Waals surface area (Å²) in [5, 5.41) is 5.53. The molecule has 0 fully saturated rings. The number of hydrogen-bond donors (Lipinski definition) is 2. The second-order valence-corrected chi connectivity index (χ2v) is 8.99. The molecule has 6 nitrogen and oxygen atoms in total. The van der Waals surface area contributed by atoms with Crippen molar-refractivity contribution in [3.8, 4) is 0 Å². The van der Waals surface area contributed by atoms with E-state index < -0.39 is 11.2 Å². The van der Waals surface area contributed by atoms with Gasteiger partial charge < -0.3 is 5.32 Å². The summed E-state index contributed by atoms with van der Waals surface area (Å²) in [6.45, 7) is 4.47. The summed E-state index contributed by atoms with van der Waals surface area (Å²) in [5.74, 6) is 0.266. The molecule has 0 aliphatic heterocycles. The van der Waals surface area contributed by atoms with Crippen LogP contribution in [0.5, 0.6) is 0 Å². The fraction of sp³-hybridized carbons (Fsp3) is 0.240. The summed E-state index contributed by atoms with van der Waals surface area (Å²) in [6, 6.07) is 18.9. The number of fused-ring (bicyclic) bond motifs is 1. The fourth-order valence-electron chi connectivity index (χ4n) is 3.76. The van der Waals surface area contributed by atoms with E-state index in [1.807, 2.05) is 17.5 Å². The van der Waals surface area contributed by atoms with Gasteiger partial charge in [0.1, 0.15) is 0 Å². The summed E-state index contributed by atoms with van der Waals surface area (Å²) in [5.41, 5.74) is 1.84. The second-order valence-electron chi connectivity index (χ2n) is 8.02. The molecular formula is C25H25N3O3S. The SMILES string of the molecule is CC(C)c1ccc(C(NC(=O)CCn2c(=O)[nH]c(=O)c3ccccc32)c2cccs2)cc1. The Labute approximate surface area is 189 Å². The van der Waals surface area contributed by atoms with E-state index in [2.05, 4.69) is 48.4 Å². The molecule has 32 heavy (non-hydrogen) atoms. The Morgan fingerprint density at radius 2 is 1.72 bits per heavy atom. The molecule has 0 saturated carbocycles. The largest absolute Gasteiger partial charge is 0.344 e. The maximum absolute atomic E-state index is 12.9. The molecule has 4 rings (SSSR count). The number of nitrogens with zero attached hydrogens (tertiary/aromatic N) is 1. The molecule has 4 aromatic rings. The highest BCUT2D eigenvalue weighted by atomic mass is 32.1. The van der Waals surface area contributed by atoms with Gasteiger partial charge in [-0.1, -0.05) is 56.3 Å². The Bertz CT molecular complexity index is 1340. The summed E-state index contributed by atoms with van der Waals surface area (Å²) in [6.07, 6.45) is 0.113. The minimum Gasteiger partial charge on any atom is -0.344 e. The first kappa shape index (κ1) is 21.8. The third kappa shape index (κ3) is 4.57. The van der Waals surface area contributed by atoms with E-state index in [1.54, 1.807) is 35.6 Å². The van der Waals surface area contributed by atoms with Gasteiger partial charge in [-0.2, -0.15) is 0 Å². The van der Waals surface area contributed by atoms with E-state index in [1.165, 1.54) is 10.1 Å². The van der Waals surface area contributed by atoms with E-state index in [0.29, 0.717) is 16.8 Å². The minimum atomic E-state index is -0.513. The van der Waals surface area contributed by atoms with Crippen molar-refractivity contribution in [3.63, 3.8) is 0 Å². The molecule has 2 N–H and O–H groups in total. The average Bonchev–Trinajstić information content (AvgIpc) is 3.32. The van der Waals surface area contributed by atoms with Gasteiger partial charge in [0.05, 0.1) is 16.9 Å². The number of H-pyrrole nitrogens is 1. The summed E-state index contributed by atoms with van der Waals surface area (Å²) >= 11 is 1.59. The Kier molecular flexibility index (Phi) is 6.37. The molecule has 2 heterocycles. The first-order chi connectivity index (χ1) is 15.4. The van der Waals surface area contributed by atoms with E-state index in [4.69, 9.17) is 0 Å². The van der Waals surface area contributed by atoms with E-state index >= 15 is 0 Å². The molecule has 0 radical (unpaired) electrons. The van der Waals surface area contributed by atoms with Crippen LogP contribution in [0.2, 0.25) is 0 Å². The highest BCUT2D eigenvalue weighted by Crippen LogP contribution is 2.27. The number of rotatable bonds is 7. The van der Waals surface area contributed by atoms with Crippen molar-refractivity contribution in [2.24, 2.45) is 0 Å². The van der Waals surface area contributed by atoms with Gasteiger partial charge in [-0.15, -0.1) is 11.3 Å². The number of para-hydroxylation sites is 1. The predicted octanol–water partition coefficient (Wildman–Crippen LogP) is 4.17. The van der Waals surface area contributed by atoms with Crippen molar-refractivity contribution in [1.82, 2.24) is 14.9 Å². The molecule has 164 valence electrons. The molecular weight excluding hydrogens is 422 g/mol. The van der Waals surface area contributed by atoms with Gasteiger partial charge in [0, 0.05) is 17.8 Å². The molecule has 0 aliphatic rings. The number of benzene rings is 2. The van der Waals surface area contributed by atoms with Crippen molar-refractivity contribution in [2.45, 2.75) is 38.8 Å². The Hall–Kier alpha value is -3.45. The van der Waals surface area contributed by atoms with Crippen LogP contribution in [0.25, 0.3) is 10.9 Å². The first-order valence-electron chi connectivity index (χ1n) is 10.6. The Morgan fingerprint density at radius 3 is 2.41 bits per heavy atom. The molecule has 7 heteroatoms. The van der Waals surface area contributed by atoms with Crippen LogP contribution in [-0.4, -0.2) is 15.5 Å². The van der Waals surface area contributed by atoms with Gasteiger partial charge in [0.25, 0.3) is 5.56 Å². The third-order valence-corrected chi connectivity index (χ3v) is 6.47. The Morgan fingerprint density at radius 1 is 1.00 bits per heavy atom. The number of aromatic amines is 1. The lowest BCUT2D eigenvalue weighted by atomic mass is 9.98. The number of hydrogen-bond acceptors (Lipinski definition) is 4. The average molecular weight is 448 g/mol. The number of aryl methyl sites for hydroxylation is 1. The van der Waals surface area contributed by atoms with E-state index in [0.717, 1.165) is 10.4 Å². The lowest BCUT2D eigenvalue weighted by Crippen LogP contribution is -2.33. The van der Waals surface area contributed by atoms with Crippen LogP contribution in [0.1, 0.15) is 48.2 Å². The quantitative estimate of drug-likeness (QED) is 0.446. The van der Waals surface area contributed by atoms with Crippen LogP contribution in [0.4, 0.5) is 0 Å². The first-order valence-corrected chi connectivity index (χ1v) is 11.5. The van der Waals surface area contributed by atoms with Gasteiger partial charge in [-0.25, -0.2) is 4.79 Å². The molecule has 1 atom stereocenters. The monoisotopic (exact) mass is 447 g/mol. The normalized spacial score (nSPS) is 12.2. The number of amides is 1. The molecule has 0 spiro atoms. The van der Waals surface area contributed by atoms with Crippen LogP contribution < -0.4 is 16.6 Å². The van der Waals surface area contributed by atoms with E-state index in [-0.39, 0.29) is 24.9 Å². The van der Waals surface area contributed by atoms with Gasteiger partial charge in [-0.3, -0.25) is 19.1 Å². The smallest absolute Gasteiger partial charge is 0.328 e. The summed E-state index contributed by atoms with van der Waals surface area (Å²) in [4.78, 5) is 40.7. The standard InChI is InChI=1S/C25H25N3O3S/c1-16(2)17-9-11-18(12-10-17)23(21-8-5-15-32-21)26-22(29)13-14-28-20-7-4-3-6-19(20)24(30)27-25(28)31/h3-12,15-16,23H,13-14H2,1-2H3,(H,26,29)(H,27,30,31). The third-order valence-electron chi connectivity index (χ3n) is 5.54. The molecule has 2 aromatic carbocycles. The highest BCUT2D eigenvalue weighted by molar-refractivity contribution is 7.10. The lowest BCUT2D eigenvalue weighted by Gasteiger charge is -2.19. The van der Waals surface area contributed by atoms with Crippen LogP contribution in [0, 0.1) is 0 Å². The van der Waals surface area contributed by atoms with Crippen LogP contribution in [0.15, 0.2) is 75.6 Å². The molecule has 1 amide bonds. The fourth-order valence-corrected chi connectivity index (χ4v) is 4.56. The number of nitrogens with one attached hydrogen (secondary N) is 2. The summed E-state index contributed by atoms with van der Waals surface area (Å²) < 4.78 is 1.44. The maximum atomic E-state index is 12.9. The number of carbonyl (C=O) groups excluding carboxylic acids is 1. The van der Waals surface area contributed by atoms with E-state index in [9.17, 15) is 14.4 Å². The van der Waals surface area contributed by atoms with Crippen molar-refractivity contribution in [1.29, 1.82) is 0 Å². The maximum Gasteiger partial charge on any atom is 0.328 e. The van der Waals surface area contributed by atoms with Gasteiger partial charge >= 0.3 is 5.69 Å². The lowest BCUT2D eigenvalue weighted by molar-refractivity contribution is -0.121. The minimum absolute atomic E-state index is 0.113. The van der Waals surface area contributed by atoms with Crippen LogP contribution in [-0.2, 0) is 11.3 Å². The zero-order chi connectivity index (χ0) is 22.7. The van der Waals surface area contributed by atoms with Crippen molar-refractivity contribution < 1.29 is 4.79 Å². The Balaban J connectivity index is 1.55.